The lowest BCUT2D eigenvalue weighted by molar-refractivity contribution is 0.627. The summed E-state index contributed by atoms with van der Waals surface area (Å²) in [5, 5.41) is 0. The van der Waals surface area contributed by atoms with Gasteiger partial charge in [0.15, 0.2) is 4.33 Å². The minimum atomic E-state index is -1.16. The standard InChI is InChI=1S/C14H11Cl2FS/c1-18-13-8-4-11(5-9-13)14(15,16)10-2-6-12(17)7-3-10/h2-9H,1H3. The van der Waals surface area contributed by atoms with Gasteiger partial charge in [0.2, 0.25) is 0 Å². The molecule has 2 aromatic carbocycles. The van der Waals surface area contributed by atoms with Crippen molar-refractivity contribution < 1.29 is 4.39 Å². The van der Waals surface area contributed by atoms with Gasteiger partial charge in [-0.3, -0.25) is 0 Å². The van der Waals surface area contributed by atoms with Crippen molar-refractivity contribution in [1.82, 2.24) is 0 Å². The lowest BCUT2D eigenvalue weighted by Crippen LogP contribution is -2.12. The fourth-order valence-corrected chi connectivity index (χ4v) is 2.54. The molecule has 0 saturated heterocycles. The summed E-state index contributed by atoms with van der Waals surface area (Å²) >= 11 is 14.4. The maximum absolute atomic E-state index is 12.9. The monoisotopic (exact) mass is 300 g/mol. The average molecular weight is 301 g/mol. The van der Waals surface area contributed by atoms with Crippen LogP contribution in [0.25, 0.3) is 0 Å². The van der Waals surface area contributed by atoms with E-state index in [4.69, 9.17) is 23.2 Å². The van der Waals surface area contributed by atoms with Crippen molar-refractivity contribution >= 4 is 35.0 Å². The summed E-state index contributed by atoms with van der Waals surface area (Å²) < 4.78 is 11.7. The Hall–Kier alpha value is -0.700. The van der Waals surface area contributed by atoms with Gasteiger partial charge in [-0.25, -0.2) is 4.39 Å². The topological polar surface area (TPSA) is 0 Å². The summed E-state index contributed by atoms with van der Waals surface area (Å²) in [7, 11) is 0. The van der Waals surface area contributed by atoms with Crippen molar-refractivity contribution in [2.45, 2.75) is 9.23 Å². The highest BCUT2D eigenvalue weighted by molar-refractivity contribution is 7.98. The van der Waals surface area contributed by atoms with Gasteiger partial charge >= 0.3 is 0 Å². The van der Waals surface area contributed by atoms with Crippen molar-refractivity contribution in [3.63, 3.8) is 0 Å². The molecule has 94 valence electrons. The minimum Gasteiger partial charge on any atom is -0.207 e. The number of alkyl halides is 2. The Morgan fingerprint density at radius 3 is 1.78 bits per heavy atom. The third-order valence-corrected chi connectivity index (χ3v) is 4.28. The van der Waals surface area contributed by atoms with Crippen molar-refractivity contribution in [3.05, 3.63) is 65.5 Å². The highest BCUT2D eigenvalue weighted by atomic mass is 35.5. The molecule has 0 nitrogen and oxygen atoms in total. The molecule has 0 heterocycles. The van der Waals surface area contributed by atoms with Gasteiger partial charge < -0.3 is 0 Å². The third-order valence-electron chi connectivity index (χ3n) is 2.66. The van der Waals surface area contributed by atoms with Crippen LogP contribution in [-0.4, -0.2) is 6.26 Å². The van der Waals surface area contributed by atoms with Crippen molar-refractivity contribution in [3.8, 4) is 0 Å². The fraction of sp³-hybridized carbons (Fsp3) is 0.143. The zero-order valence-corrected chi connectivity index (χ0v) is 12.0. The number of rotatable bonds is 3. The number of thioether (sulfide) groups is 1. The van der Waals surface area contributed by atoms with E-state index in [-0.39, 0.29) is 5.82 Å². The second-order valence-corrected chi connectivity index (χ2v) is 6.02. The lowest BCUT2D eigenvalue weighted by Gasteiger charge is -2.20. The number of hydrogen-bond donors (Lipinski definition) is 0. The molecular formula is C14H11Cl2FS. The van der Waals surface area contributed by atoms with E-state index >= 15 is 0 Å². The van der Waals surface area contributed by atoms with Crippen LogP contribution in [0.2, 0.25) is 0 Å². The van der Waals surface area contributed by atoms with E-state index in [9.17, 15) is 4.39 Å². The largest absolute Gasteiger partial charge is 0.207 e. The van der Waals surface area contributed by atoms with Gasteiger partial charge in [0.25, 0.3) is 0 Å². The van der Waals surface area contributed by atoms with Gasteiger partial charge in [-0.05, 0) is 41.6 Å². The maximum Gasteiger partial charge on any atom is 0.168 e. The van der Waals surface area contributed by atoms with Crippen LogP contribution >= 0.6 is 35.0 Å². The highest BCUT2D eigenvalue weighted by Crippen LogP contribution is 2.41. The third kappa shape index (κ3) is 2.82. The Balaban J connectivity index is 2.37. The van der Waals surface area contributed by atoms with Crippen molar-refractivity contribution in [2.24, 2.45) is 0 Å². The molecule has 0 N–H and O–H groups in total. The van der Waals surface area contributed by atoms with Crippen LogP contribution in [0.4, 0.5) is 4.39 Å². The van der Waals surface area contributed by atoms with Crippen LogP contribution in [-0.2, 0) is 4.33 Å². The Labute approximate surface area is 120 Å². The molecule has 0 unspecified atom stereocenters. The first-order chi connectivity index (χ1) is 8.54. The van der Waals surface area contributed by atoms with Crippen LogP contribution < -0.4 is 0 Å². The van der Waals surface area contributed by atoms with E-state index in [1.54, 1.807) is 23.9 Å². The van der Waals surface area contributed by atoms with Crippen LogP contribution in [0.1, 0.15) is 11.1 Å². The molecule has 2 aromatic rings. The molecule has 18 heavy (non-hydrogen) atoms. The zero-order chi connectivity index (χ0) is 13.2. The number of benzene rings is 2. The number of hydrogen-bond acceptors (Lipinski definition) is 1. The Morgan fingerprint density at radius 2 is 1.33 bits per heavy atom. The summed E-state index contributed by atoms with van der Waals surface area (Å²) in [6.07, 6.45) is 2.00. The molecule has 4 heteroatoms. The molecule has 0 aliphatic carbocycles. The average Bonchev–Trinajstić information content (AvgIpc) is 2.39. The maximum atomic E-state index is 12.9. The molecule has 0 aliphatic rings. The van der Waals surface area contributed by atoms with E-state index in [0.29, 0.717) is 5.56 Å². The summed E-state index contributed by atoms with van der Waals surface area (Å²) in [5.74, 6) is -0.305. The minimum absolute atomic E-state index is 0.305. The second-order valence-electron chi connectivity index (χ2n) is 3.81. The molecule has 0 saturated carbocycles. The Bertz CT molecular complexity index is 520. The molecular weight excluding hydrogens is 290 g/mol. The molecule has 0 atom stereocenters. The lowest BCUT2D eigenvalue weighted by atomic mass is 10.0. The Kier molecular flexibility index (Phi) is 4.21. The van der Waals surface area contributed by atoms with Crippen LogP contribution in [0.15, 0.2) is 53.4 Å². The second kappa shape index (κ2) is 5.52. The summed E-state index contributed by atoms with van der Waals surface area (Å²) in [4.78, 5) is 1.14. The van der Waals surface area contributed by atoms with Crippen LogP contribution in [0.5, 0.6) is 0 Å². The normalized spacial score (nSPS) is 11.6. The van der Waals surface area contributed by atoms with E-state index in [1.807, 2.05) is 30.5 Å². The molecule has 0 fully saturated rings. The van der Waals surface area contributed by atoms with Gasteiger partial charge in [0.1, 0.15) is 5.82 Å². The smallest absolute Gasteiger partial charge is 0.168 e. The molecule has 0 spiro atoms. The van der Waals surface area contributed by atoms with Crippen molar-refractivity contribution in [1.29, 1.82) is 0 Å². The predicted octanol–water partition coefficient (Wildman–Crippen LogP) is 5.23. The molecule has 0 aromatic heterocycles. The highest BCUT2D eigenvalue weighted by Gasteiger charge is 2.28. The van der Waals surface area contributed by atoms with Gasteiger partial charge in [-0.15, -0.1) is 11.8 Å². The van der Waals surface area contributed by atoms with Gasteiger partial charge in [-0.2, -0.15) is 0 Å². The Morgan fingerprint density at radius 1 is 0.889 bits per heavy atom. The SMILES string of the molecule is CSc1ccc(C(Cl)(Cl)c2ccc(F)cc2)cc1. The first-order valence-electron chi connectivity index (χ1n) is 5.32. The van der Waals surface area contributed by atoms with E-state index in [2.05, 4.69) is 0 Å². The van der Waals surface area contributed by atoms with Crippen molar-refractivity contribution in [2.75, 3.05) is 6.26 Å². The first kappa shape index (κ1) is 13.7. The molecule has 2 rings (SSSR count). The van der Waals surface area contributed by atoms with Crippen LogP contribution in [0, 0.1) is 5.82 Å². The van der Waals surface area contributed by atoms with E-state index < -0.39 is 4.33 Å². The predicted molar refractivity (Wildman–Crippen MR) is 77.1 cm³/mol. The zero-order valence-electron chi connectivity index (χ0n) is 9.66. The summed E-state index contributed by atoms with van der Waals surface area (Å²) in [5.41, 5.74) is 1.43. The molecule has 0 radical (unpaired) electrons. The molecule has 0 aliphatic heterocycles. The van der Waals surface area contributed by atoms with Crippen LogP contribution in [0.3, 0.4) is 0 Å². The quantitative estimate of drug-likeness (QED) is 0.553. The van der Waals surface area contributed by atoms with Gasteiger partial charge in [0.05, 0.1) is 0 Å². The fourth-order valence-electron chi connectivity index (χ4n) is 1.63. The van der Waals surface area contributed by atoms with Gasteiger partial charge in [-0.1, -0.05) is 47.5 Å². The van der Waals surface area contributed by atoms with E-state index in [0.717, 1.165) is 10.5 Å². The van der Waals surface area contributed by atoms with E-state index in [1.165, 1.54) is 12.1 Å². The summed E-state index contributed by atoms with van der Waals surface area (Å²) in [6, 6.07) is 13.6. The van der Waals surface area contributed by atoms with Gasteiger partial charge in [0, 0.05) is 4.90 Å². The summed E-state index contributed by atoms with van der Waals surface area (Å²) in [6.45, 7) is 0. The molecule has 0 bridgehead atoms. The first-order valence-corrected chi connectivity index (χ1v) is 7.30. The number of halogens is 3. The molecule has 0 amide bonds.